The molecule has 102 valence electrons. The van der Waals surface area contributed by atoms with Crippen LogP contribution in [0, 0.1) is 13.8 Å². The standard InChI is InChI=1S/C15H21N3S/c1-10(15-11(2)17-18(4)12(15)3)16-13-8-6-7-9-14(13)19-5/h6-10,16H,1-5H3. The van der Waals surface area contributed by atoms with Crippen LogP contribution < -0.4 is 5.32 Å². The van der Waals surface area contributed by atoms with Gasteiger partial charge in [0.1, 0.15) is 0 Å². The molecule has 4 heteroatoms. The first kappa shape index (κ1) is 14.0. The lowest BCUT2D eigenvalue weighted by Gasteiger charge is -2.18. The molecule has 0 radical (unpaired) electrons. The summed E-state index contributed by atoms with van der Waals surface area (Å²) in [4.78, 5) is 1.27. The van der Waals surface area contributed by atoms with Gasteiger partial charge in [-0.3, -0.25) is 4.68 Å². The van der Waals surface area contributed by atoms with E-state index in [0.29, 0.717) is 0 Å². The third-order valence-electron chi connectivity index (χ3n) is 3.48. The van der Waals surface area contributed by atoms with Gasteiger partial charge < -0.3 is 5.32 Å². The maximum atomic E-state index is 4.49. The first-order valence-corrected chi connectivity index (χ1v) is 7.66. The van der Waals surface area contributed by atoms with Crippen molar-refractivity contribution in [3.63, 3.8) is 0 Å². The van der Waals surface area contributed by atoms with Gasteiger partial charge in [0.05, 0.1) is 11.7 Å². The molecule has 19 heavy (non-hydrogen) atoms. The summed E-state index contributed by atoms with van der Waals surface area (Å²) in [6.07, 6.45) is 2.10. The van der Waals surface area contributed by atoms with E-state index in [9.17, 15) is 0 Å². The second-order valence-corrected chi connectivity index (χ2v) is 5.62. The van der Waals surface area contributed by atoms with E-state index in [4.69, 9.17) is 0 Å². The van der Waals surface area contributed by atoms with Crippen LogP contribution in [-0.2, 0) is 7.05 Å². The Hall–Kier alpha value is -1.42. The number of aryl methyl sites for hydroxylation is 2. The smallest absolute Gasteiger partial charge is 0.0649 e. The van der Waals surface area contributed by atoms with E-state index in [1.807, 2.05) is 11.7 Å². The summed E-state index contributed by atoms with van der Waals surface area (Å²) in [5.74, 6) is 0. The van der Waals surface area contributed by atoms with Crippen molar-refractivity contribution in [2.75, 3.05) is 11.6 Å². The number of nitrogens with one attached hydrogen (secondary N) is 1. The molecule has 0 aliphatic carbocycles. The van der Waals surface area contributed by atoms with Crippen molar-refractivity contribution in [2.24, 2.45) is 7.05 Å². The van der Waals surface area contributed by atoms with Gasteiger partial charge in [0.25, 0.3) is 0 Å². The van der Waals surface area contributed by atoms with Crippen LogP contribution in [0.3, 0.4) is 0 Å². The first-order chi connectivity index (χ1) is 9.04. The van der Waals surface area contributed by atoms with E-state index in [1.54, 1.807) is 11.8 Å². The fourth-order valence-electron chi connectivity index (χ4n) is 2.49. The zero-order valence-corrected chi connectivity index (χ0v) is 13.0. The van der Waals surface area contributed by atoms with Crippen molar-refractivity contribution in [2.45, 2.75) is 31.7 Å². The number of nitrogens with zero attached hydrogens (tertiary/aromatic N) is 2. The number of hydrogen-bond donors (Lipinski definition) is 1. The van der Waals surface area contributed by atoms with Crippen LogP contribution in [0.5, 0.6) is 0 Å². The lowest BCUT2D eigenvalue weighted by atomic mass is 10.1. The van der Waals surface area contributed by atoms with Gasteiger partial charge in [-0.15, -0.1) is 11.8 Å². The number of anilines is 1. The third kappa shape index (κ3) is 2.78. The molecule has 0 amide bonds. The van der Waals surface area contributed by atoms with Crippen LogP contribution in [0.2, 0.25) is 0 Å². The molecule has 0 spiro atoms. The predicted molar refractivity (Wildman–Crippen MR) is 82.9 cm³/mol. The van der Waals surface area contributed by atoms with Crippen molar-refractivity contribution >= 4 is 17.4 Å². The van der Waals surface area contributed by atoms with Crippen molar-refractivity contribution in [1.29, 1.82) is 0 Å². The Bertz CT molecular complexity index is 575. The van der Waals surface area contributed by atoms with Crippen molar-refractivity contribution in [3.8, 4) is 0 Å². The van der Waals surface area contributed by atoms with Crippen molar-refractivity contribution in [3.05, 3.63) is 41.2 Å². The highest BCUT2D eigenvalue weighted by Crippen LogP contribution is 2.30. The summed E-state index contributed by atoms with van der Waals surface area (Å²) in [5, 5.41) is 8.09. The van der Waals surface area contributed by atoms with Crippen LogP contribution in [0.15, 0.2) is 29.2 Å². The summed E-state index contributed by atoms with van der Waals surface area (Å²) in [7, 11) is 1.99. The number of hydrogen-bond acceptors (Lipinski definition) is 3. The highest BCUT2D eigenvalue weighted by Gasteiger charge is 2.16. The second kappa shape index (κ2) is 5.70. The van der Waals surface area contributed by atoms with E-state index in [-0.39, 0.29) is 6.04 Å². The third-order valence-corrected chi connectivity index (χ3v) is 4.27. The van der Waals surface area contributed by atoms with E-state index in [2.05, 4.69) is 61.7 Å². The monoisotopic (exact) mass is 275 g/mol. The number of aromatic nitrogens is 2. The fraction of sp³-hybridized carbons (Fsp3) is 0.400. The lowest BCUT2D eigenvalue weighted by molar-refractivity contribution is 0.728. The van der Waals surface area contributed by atoms with Crippen LogP contribution in [-0.4, -0.2) is 16.0 Å². The van der Waals surface area contributed by atoms with Gasteiger partial charge in [0, 0.05) is 28.9 Å². The quantitative estimate of drug-likeness (QED) is 0.857. The average molecular weight is 275 g/mol. The molecule has 1 unspecified atom stereocenters. The SMILES string of the molecule is CSc1ccccc1NC(C)c1c(C)nn(C)c1C. The number of thioether (sulfide) groups is 1. The molecular weight excluding hydrogens is 254 g/mol. The number of rotatable bonds is 4. The summed E-state index contributed by atoms with van der Waals surface area (Å²) in [6.45, 7) is 6.38. The maximum absolute atomic E-state index is 4.49. The predicted octanol–water partition coefficient (Wildman–Crippen LogP) is 3.93. The van der Waals surface area contributed by atoms with E-state index >= 15 is 0 Å². The summed E-state index contributed by atoms with van der Waals surface area (Å²) in [6, 6.07) is 8.66. The molecule has 0 aliphatic rings. The number of benzene rings is 1. The van der Waals surface area contributed by atoms with Gasteiger partial charge in [-0.25, -0.2) is 0 Å². The minimum absolute atomic E-state index is 0.252. The van der Waals surface area contributed by atoms with E-state index in [0.717, 1.165) is 5.69 Å². The molecule has 1 N–H and O–H groups in total. The molecule has 2 aromatic rings. The fourth-order valence-corrected chi connectivity index (χ4v) is 3.05. The zero-order chi connectivity index (χ0) is 14.0. The molecule has 1 atom stereocenters. The molecule has 3 nitrogen and oxygen atoms in total. The summed E-state index contributed by atoms with van der Waals surface area (Å²) >= 11 is 1.76. The molecule has 1 aromatic heterocycles. The Kier molecular flexibility index (Phi) is 4.20. The molecule has 0 saturated carbocycles. The molecule has 2 rings (SSSR count). The van der Waals surface area contributed by atoms with E-state index < -0.39 is 0 Å². The van der Waals surface area contributed by atoms with Gasteiger partial charge >= 0.3 is 0 Å². The average Bonchev–Trinajstić information content (AvgIpc) is 2.64. The van der Waals surface area contributed by atoms with Gasteiger partial charge in [-0.05, 0) is 39.2 Å². The van der Waals surface area contributed by atoms with Crippen LogP contribution >= 0.6 is 11.8 Å². The van der Waals surface area contributed by atoms with Gasteiger partial charge in [-0.2, -0.15) is 5.10 Å². The Morgan fingerprint density at radius 2 is 1.95 bits per heavy atom. The minimum atomic E-state index is 0.252. The molecule has 0 saturated heterocycles. The van der Waals surface area contributed by atoms with E-state index in [1.165, 1.54) is 21.8 Å². The molecular formula is C15H21N3S. The summed E-state index contributed by atoms with van der Waals surface area (Å²) < 4.78 is 1.95. The minimum Gasteiger partial charge on any atom is -0.377 e. The van der Waals surface area contributed by atoms with Crippen molar-refractivity contribution < 1.29 is 0 Å². The molecule has 0 aliphatic heterocycles. The second-order valence-electron chi connectivity index (χ2n) is 4.77. The largest absolute Gasteiger partial charge is 0.377 e. The Labute approximate surface area is 119 Å². The number of para-hydroxylation sites is 1. The molecule has 0 fully saturated rings. The Balaban J connectivity index is 2.28. The topological polar surface area (TPSA) is 29.9 Å². The highest BCUT2D eigenvalue weighted by molar-refractivity contribution is 7.98. The van der Waals surface area contributed by atoms with Crippen molar-refractivity contribution in [1.82, 2.24) is 9.78 Å². The van der Waals surface area contributed by atoms with Crippen LogP contribution in [0.25, 0.3) is 0 Å². The van der Waals surface area contributed by atoms with Gasteiger partial charge in [0.15, 0.2) is 0 Å². The zero-order valence-electron chi connectivity index (χ0n) is 12.2. The van der Waals surface area contributed by atoms with Gasteiger partial charge in [-0.1, -0.05) is 12.1 Å². The normalized spacial score (nSPS) is 12.5. The molecule has 1 aromatic carbocycles. The Morgan fingerprint density at radius 1 is 1.26 bits per heavy atom. The highest BCUT2D eigenvalue weighted by atomic mass is 32.2. The Morgan fingerprint density at radius 3 is 2.53 bits per heavy atom. The molecule has 1 heterocycles. The molecule has 0 bridgehead atoms. The maximum Gasteiger partial charge on any atom is 0.0649 e. The van der Waals surface area contributed by atoms with Gasteiger partial charge in [0.2, 0.25) is 0 Å². The first-order valence-electron chi connectivity index (χ1n) is 6.44. The lowest BCUT2D eigenvalue weighted by Crippen LogP contribution is -2.09. The van der Waals surface area contributed by atoms with Crippen LogP contribution in [0.4, 0.5) is 5.69 Å². The summed E-state index contributed by atoms with van der Waals surface area (Å²) in [5.41, 5.74) is 4.80. The van der Waals surface area contributed by atoms with Crippen LogP contribution in [0.1, 0.15) is 29.9 Å².